The van der Waals surface area contributed by atoms with Gasteiger partial charge in [-0.1, -0.05) is 30.3 Å². The summed E-state index contributed by atoms with van der Waals surface area (Å²) < 4.78 is 36.2. The van der Waals surface area contributed by atoms with E-state index in [1.165, 1.54) is 7.05 Å². The molecule has 0 fully saturated rings. The third-order valence-corrected chi connectivity index (χ3v) is 2.93. The van der Waals surface area contributed by atoms with Crippen LogP contribution in [0, 0.1) is 0 Å². The van der Waals surface area contributed by atoms with Gasteiger partial charge < -0.3 is 15.7 Å². The molecule has 4 nitrogen and oxygen atoms in total. The zero-order chi connectivity index (χ0) is 15.7. The highest BCUT2D eigenvalue weighted by molar-refractivity contribution is 14.0. The number of aliphatic hydroxyl groups is 1. The molecular formula is C14H21F3IN3O. The monoisotopic (exact) mass is 431 g/mol. The summed E-state index contributed by atoms with van der Waals surface area (Å²) in [5.41, 5.74) is 0.957. The van der Waals surface area contributed by atoms with Crippen LogP contribution < -0.4 is 10.6 Å². The minimum Gasteiger partial charge on any atom is -0.396 e. The van der Waals surface area contributed by atoms with Crippen LogP contribution in [0.25, 0.3) is 0 Å². The summed E-state index contributed by atoms with van der Waals surface area (Å²) in [4.78, 5) is 3.85. The molecule has 3 N–H and O–H groups in total. The van der Waals surface area contributed by atoms with Crippen molar-refractivity contribution in [2.45, 2.75) is 18.5 Å². The van der Waals surface area contributed by atoms with Gasteiger partial charge in [0.25, 0.3) is 0 Å². The average Bonchev–Trinajstić information content (AvgIpc) is 2.46. The van der Waals surface area contributed by atoms with Crippen molar-refractivity contribution >= 4 is 29.9 Å². The lowest BCUT2D eigenvalue weighted by Gasteiger charge is -2.18. The van der Waals surface area contributed by atoms with Crippen molar-refractivity contribution in [3.8, 4) is 0 Å². The van der Waals surface area contributed by atoms with Crippen molar-refractivity contribution in [3.63, 3.8) is 0 Å². The highest BCUT2D eigenvalue weighted by Gasteiger charge is 2.26. The number of nitrogens with one attached hydrogen (secondary N) is 2. The molecule has 126 valence electrons. The predicted octanol–water partition coefficient (Wildman–Crippen LogP) is 2.50. The van der Waals surface area contributed by atoms with Crippen LogP contribution in [0.1, 0.15) is 17.9 Å². The highest BCUT2D eigenvalue weighted by Crippen LogP contribution is 2.18. The van der Waals surface area contributed by atoms with Crippen LogP contribution in [-0.4, -0.2) is 44.0 Å². The largest absolute Gasteiger partial charge is 0.396 e. The highest BCUT2D eigenvalue weighted by atomic mass is 127. The second-order valence-electron chi connectivity index (χ2n) is 4.54. The molecule has 0 heterocycles. The molecule has 0 radical (unpaired) electrons. The summed E-state index contributed by atoms with van der Waals surface area (Å²) in [5, 5.41) is 14.9. The minimum absolute atomic E-state index is 0. The Hall–Kier alpha value is -1.03. The normalized spacial score (nSPS) is 13.2. The maximum atomic E-state index is 12.1. The topological polar surface area (TPSA) is 56.7 Å². The summed E-state index contributed by atoms with van der Waals surface area (Å²) in [5.74, 6) is 0.140. The van der Waals surface area contributed by atoms with Gasteiger partial charge in [0, 0.05) is 26.1 Å². The van der Waals surface area contributed by atoms with Crippen LogP contribution in [0.5, 0.6) is 0 Å². The molecule has 1 rings (SSSR count). The van der Waals surface area contributed by atoms with Crippen molar-refractivity contribution in [2.75, 3.05) is 26.7 Å². The van der Waals surface area contributed by atoms with Crippen LogP contribution in [-0.2, 0) is 0 Å². The number of aliphatic hydroxyl groups excluding tert-OH is 1. The lowest BCUT2D eigenvalue weighted by molar-refractivity contribution is -0.132. The van der Waals surface area contributed by atoms with Crippen molar-refractivity contribution in [1.29, 1.82) is 0 Å². The number of benzene rings is 1. The van der Waals surface area contributed by atoms with Gasteiger partial charge in [0.05, 0.1) is 13.0 Å². The van der Waals surface area contributed by atoms with E-state index < -0.39 is 12.6 Å². The Balaban J connectivity index is 0.00000441. The van der Waals surface area contributed by atoms with Crippen molar-refractivity contribution < 1.29 is 18.3 Å². The number of halogens is 4. The molecule has 1 aromatic carbocycles. The standard InChI is InChI=1S/C14H20F3N3O.HI/c1-18-13(19-8-7-14(15,16)17)20-9-12(10-21)11-5-3-2-4-6-11;/h2-6,12,21H,7-10H2,1H3,(H2,18,19,20);1H. The second-order valence-corrected chi connectivity index (χ2v) is 4.54. The number of rotatable bonds is 6. The Morgan fingerprint density at radius 2 is 1.86 bits per heavy atom. The number of hydrogen-bond donors (Lipinski definition) is 3. The molecule has 0 saturated heterocycles. The van der Waals surface area contributed by atoms with Crippen LogP contribution in [0.4, 0.5) is 13.2 Å². The maximum Gasteiger partial charge on any atom is 0.390 e. The molecule has 0 aliphatic carbocycles. The number of aliphatic imine (C=N–C) groups is 1. The zero-order valence-electron chi connectivity index (χ0n) is 12.2. The Kier molecular flexibility index (Phi) is 10.2. The molecule has 1 unspecified atom stereocenters. The van der Waals surface area contributed by atoms with E-state index >= 15 is 0 Å². The summed E-state index contributed by atoms with van der Waals surface area (Å²) in [6.07, 6.45) is -5.11. The Morgan fingerprint density at radius 3 is 2.36 bits per heavy atom. The predicted molar refractivity (Wildman–Crippen MR) is 91.7 cm³/mol. The van der Waals surface area contributed by atoms with Gasteiger partial charge in [0.1, 0.15) is 0 Å². The lowest BCUT2D eigenvalue weighted by Crippen LogP contribution is -2.41. The van der Waals surface area contributed by atoms with Crippen molar-refractivity contribution in [2.24, 2.45) is 4.99 Å². The van der Waals surface area contributed by atoms with E-state index in [0.717, 1.165) is 5.56 Å². The van der Waals surface area contributed by atoms with E-state index in [2.05, 4.69) is 15.6 Å². The summed E-state index contributed by atoms with van der Waals surface area (Å²) in [6, 6.07) is 9.40. The van der Waals surface area contributed by atoms with Crippen LogP contribution >= 0.6 is 24.0 Å². The Labute approximate surface area is 145 Å². The van der Waals surface area contributed by atoms with E-state index in [1.807, 2.05) is 30.3 Å². The van der Waals surface area contributed by atoms with Gasteiger partial charge in [0.2, 0.25) is 0 Å². The summed E-state index contributed by atoms with van der Waals surface area (Å²) >= 11 is 0. The van der Waals surface area contributed by atoms with Gasteiger partial charge in [-0.25, -0.2) is 0 Å². The van der Waals surface area contributed by atoms with Gasteiger partial charge in [0.15, 0.2) is 5.96 Å². The first-order chi connectivity index (χ1) is 9.96. The van der Waals surface area contributed by atoms with Gasteiger partial charge in [-0.3, -0.25) is 4.99 Å². The number of hydrogen-bond acceptors (Lipinski definition) is 2. The number of alkyl halides is 3. The molecule has 0 spiro atoms. The quantitative estimate of drug-likeness (QED) is 0.369. The van der Waals surface area contributed by atoms with Crippen LogP contribution in [0.15, 0.2) is 35.3 Å². The van der Waals surface area contributed by atoms with E-state index in [1.54, 1.807) is 0 Å². The van der Waals surface area contributed by atoms with Gasteiger partial charge in [-0.15, -0.1) is 24.0 Å². The fraction of sp³-hybridized carbons (Fsp3) is 0.500. The van der Waals surface area contributed by atoms with Crippen LogP contribution in [0.2, 0.25) is 0 Å². The lowest BCUT2D eigenvalue weighted by atomic mass is 10.0. The Morgan fingerprint density at radius 1 is 1.23 bits per heavy atom. The molecule has 0 amide bonds. The fourth-order valence-electron chi connectivity index (χ4n) is 1.78. The number of nitrogens with zero attached hydrogens (tertiary/aromatic N) is 1. The molecule has 0 saturated carbocycles. The molecule has 22 heavy (non-hydrogen) atoms. The second kappa shape index (κ2) is 10.7. The first-order valence-electron chi connectivity index (χ1n) is 6.63. The molecule has 0 aliphatic heterocycles. The summed E-state index contributed by atoms with van der Waals surface area (Å²) in [6.45, 7) is 0.0844. The molecule has 0 aliphatic rings. The van der Waals surface area contributed by atoms with Gasteiger partial charge >= 0.3 is 6.18 Å². The third kappa shape index (κ3) is 8.42. The molecular weight excluding hydrogens is 410 g/mol. The SMILES string of the molecule is CN=C(NCCC(F)(F)F)NCC(CO)c1ccccc1.I. The van der Waals surface area contributed by atoms with E-state index in [4.69, 9.17) is 0 Å². The van der Waals surface area contributed by atoms with Crippen LogP contribution in [0.3, 0.4) is 0 Å². The van der Waals surface area contributed by atoms with Crippen molar-refractivity contribution in [3.05, 3.63) is 35.9 Å². The number of guanidine groups is 1. The van der Waals surface area contributed by atoms with Gasteiger partial charge in [-0.2, -0.15) is 13.2 Å². The third-order valence-electron chi connectivity index (χ3n) is 2.93. The molecule has 8 heteroatoms. The first-order valence-corrected chi connectivity index (χ1v) is 6.63. The first kappa shape index (κ1) is 21.0. The van der Waals surface area contributed by atoms with Gasteiger partial charge in [-0.05, 0) is 5.56 Å². The fourth-order valence-corrected chi connectivity index (χ4v) is 1.78. The molecule has 0 aromatic heterocycles. The average molecular weight is 431 g/mol. The van der Waals surface area contributed by atoms with Crippen molar-refractivity contribution in [1.82, 2.24) is 10.6 Å². The van der Waals surface area contributed by atoms with E-state index in [-0.39, 0.29) is 49.0 Å². The maximum absolute atomic E-state index is 12.1. The van der Waals surface area contributed by atoms with E-state index in [0.29, 0.717) is 6.54 Å². The zero-order valence-corrected chi connectivity index (χ0v) is 14.6. The minimum atomic E-state index is -4.19. The smallest absolute Gasteiger partial charge is 0.390 e. The molecule has 1 aromatic rings. The van der Waals surface area contributed by atoms with E-state index in [9.17, 15) is 18.3 Å². The molecule has 0 bridgehead atoms. The summed E-state index contributed by atoms with van der Waals surface area (Å²) in [7, 11) is 1.49. The molecule has 1 atom stereocenters. The Bertz CT molecular complexity index is 441.